The van der Waals surface area contributed by atoms with Gasteiger partial charge in [0, 0.05) is 19.6 Å². The summed E-state index contributed by atoms with van der Waals surface area (Å²) in [6.45, 7) is 8.08. The number of carbonyl (C=O) groups excluding carboxylic acids is 1. The summed E-state index contributed by atoms with van der Waals surface area (Å²) in [5, 5.41) is 2.87. The number of nitrogens with one attached hydrogen (secondary N) is 1. The predicted octanol–water partition coefficient (Wildman–Crippen LogP) is 2.15. The van der Waals surface area contributed by atoms with Crippen molar-refractivity contribution in [1.82, 2.24) is 10.2 Å². The SMILES string of the molecule is C=C(C)CNC(=O)N1CCCCCC1. The van der Waals surface area contributed by atoms with Crippen molar-refractivity contribution in [3.05, 3.63) is 12.2 Å². The van der Waals surface area contributed by atoms with Crippen LogP contribution in [0.15, 0.2) is 12.2 Å². The number of hydrogen-bond donors (Lipinski definition) is 1. The molecule has 0 radical (unpaired) electrons. The Hall–Kier alpha value is -0.990. The molecule has 1 saturated heterocycles. The Morgan fingerprint density at radius 2 is 1.86 bits per heavy atom. The molecule has 1 rings (SSSR count). The quantitative estimate of drug-likeness (QED) is 0.674. The third kappa shape index (κ3) is 3.81. The lowest BCUT2D eigenvalue weighted by atomic mass is 10.2. The maximum atomic E-state index is 11.6. The van der Waals surface area contributed by atoms with Gasteiger partial charge in [-0.25, -0.2) is 4.79 Å². The minimum atomic E-state index is 0.0647. The third-order valence-corrected chi connectivity index (χ3v) is 2.43. The van der Waals surface area contributed by atoms with Crippen LogP contribution < -0.4 is 5.32 Å². The molecule has 0 unspecified atom stereocenters. The van der Waals surface area contributed by atoms with Crippen LogP contribution in [-0.4, -0.2) is 30.6 Å². The highest BCUT2D eigenvalue weighted by Crippen LogP contribution is 2.09. The molecular formula is C11H20N2O. The summed E-state index contributed by atoms with van der Waals surface area (Å²) in [7, 11) is 0. The molecule has 0 aromatic carbocycles. The van der Waals surface area contributed by atoms with Gasteiger partial charge >= 0.3 is 6.03 Å². The molecule has 14 heavy (non-hydrogen) atoms. The molecule has 0 spiro atoms. The van der Waals surface area contributed by atoms with Crippen molar-refractivity contribution in [3.8, 4) is 0 Å². The molecule has 2 amide bonds. The zero-order valence-corrected chi connectivity index (χ0v) is 9.01. The molecule has 0 aliphatic carbocycles. The molecular weight excluding hydrogens is 176 g/mol. The predicted molar refractivity (Wildman–Crippen MR) is 58.3 cm³/mol. The van der Waals surface area contributed by atoms with Crippen molar-refractivity contribution in [3.63, 3.8) is 0 Å². The van der Waals surface area contributed by atoms with E-state index in [1.807, 2.05) is 11.8 Å². The first-order chi connectivity index (χ1) is 6.70. The van der Waals surface area contributed by atoms with Gasteiger partial charge in [-0.3, -0.25) is 0 Å². The fraction of sp³-hybridized carbons (Fsp3) is 0.727. The van der Waals surface area contributed by atoms with Crippen LogP contribution in [-0.2, 0) is 0 Å². The lowest BCUT2D eigenvalue weighted by Gasteiger charge is -2.20. The molecule has 80 valence electrons. The summed E-state index contributed by atoms with van der Waals surface area (Å²) in [5.74, 6) is 0. The first kappa shape index (κ1) is 11.1. The van der Waals surface area contributed by atoms with Crippen molar-refractivity contribution in [1.29, 1.82) is 0 Å². The highest BCUT2D eigenvalue weighted by atomic mass is 16.2. The van der Waals surface area contributed by atoms with Crippen LogP contribution in [0.3, 0.4) is 0 Å². The number of amides is 2. The highest BCUT2D eigenvalue weighted by Gasteiger charge is 2.14. The number of urea groups is 1. The van der Waals surface area contributed by atoms with Crippen molar-refractivity contribution < 1.29 is 4.79 Å². The molecule has 0 bridgehead atoms. The van der Waals surface area contributed by atoms with E-state index >= 15 is 0 Å². The third-order valence-electron chi connectivity index (χ3n) is 2.43. The van der Waals surface area contributed by atoms with E-state index in [0.717, 1.165) is 31.5 Å². The van der Waals surface area contributed by atoms with E-state index in [2.05, 4.69) is 11.9 Å². The van der Waals surface area contributed by atoms with E-state index in [-0.39, 0.29) is 6.03 Å². The van der Waals surface area contributed by atoms with Gasteiger partial charge in [0.2, 0.25) is 0 Å². The maximum absolute atomic E-state index is 11.6. The Morgan fingerprint density at radius 3 is 2.36 bits per heavy atom. The molecule has 0 aromatic rings. The topological polar surface area (TPSA) is 32.3 Å². The normalized spacial score (nSPS) is 17.4. The number of nitrogens with zero attached hydrogens (tertiary/aromatic N) is 1. The second kappa shape index (κ2) is 5.68. The van der Waals surface area contributed by atoms with Gasteiger partial charge < -0.3 is 10.2 Å². The summed E-state index contributed by atoms with van der Waals surface area (Å²) < 4.78 is 0. The molecule has 0 aromatic heterocycles. The van der Waals surface area contributed by atoms with Crippen molar-refractivity contribution in [2.45, 2.75) is 32.6 Å². The van der Waals surface area contributed by atoms with Crippen LogP contribution >= 0.6 is 0 Å². The molecule has 1 N–H and O–H groups in total. The van der Waals surface area contributed by atoms with E-state index in [1.165, 1.54) is 12.8 Å². The molecule has 1 aliphatic heterocycles. The largest absolute Gasteiger partial charge is 0.334 e. The molecule has 0 saturated carbocycles. The van der Waals surface area contributed by atoms with Gasteiger partial charge in [-0.1, -0.05) is 25.0 Å². The van der Waals surface area contributed by atoms with Gasteiger partial charge in [0.25, 0.3) is 0 Å². The number of hydrogen-bond acceptors (Lipinski definition) is 1. The second-order valence-electron chi connectivity index (χ2n) is 4.02. The average Bonchev–Trinajstić information content (AvgIpc) is 2.42. The molecule has 1 aliphatic rings. The number of rotatable bonds is 2. The summed E-state index contributed by atoms with van der Waals surface area (Å²) in [6.07, 6.45) is 4.79. The van der Waals surface area contributed by atoms with Gasteiger partial charge in [-0.2, -0.15) is 0 Å². The summed E-state index contributed by atoms with van der Waals surface area (Å²) in [5.41, 5.74) is 0.994. The van der Waals surface area contributed by atoms with Gasteiger partial charge in [0.05, 0.1) is 0 Å². The standard InChI is InChI=1S/C11H20N2O/c1-10(2)9-12-11(14)13-7-5-3-4-6-8-13/h1,3-9H2,2H3,(H,12,14). The highest BCUT2D eigenvalue weighted by molar-refractivity contribution is 5.74. The zero-order chi connectivity index (χ0) is 10.4. The fourth-order valence-electron chi connectivity index (χ4n) is 1.61. The second-order valence-corrected chi connectivity index (χ2v) is 4.02. The Balaban J connectivity index is 2.30. The van der Waals surface area contributed by atoms with Crippen LogP contribution in [0.1, 0.15) is 32.6 Å². The monoisotopic (exact) mass is 196 g/mol. The summed E-state index contributed by atoms with van der Waals surface area (Å²) >= 11 is 0. The Morgan fingerprint density at radius 1 is 1.29 bits per heavy atom. The van der Waals surface area contributed by atoms with Crippen LogP contribution in [0, 0.1) is 0 Å². The van der Waals surface area contributed by atoms with Crippen LogP contribution in [0.2, 0.25) is 0 Å². The lowest BCUT2D eigenvalue weighted by molar-refractivity contribution is 0.201. The smallest absolute Gasteiger partial charge is 0.317 e. The van der Waals surface area contributed by atoms with E-state index in [0.29, 0.717) is 6.54 Å². The first-order valence-corrected chi connectivity index (χ1v) is 5.37. The first-order valence-electron chi connectivity index (χ1n) is 5.37. The van der Waals surface area contributed by atoms with Crippen molar-refractivity contribution in [2.75, 3.05) is 19.6 Å². The van der Waals surface area contributed by atoms with E-state index < -0.39 is 0 Å². The zero-order valence-electron chi connectivity index (χ0n) is 9.01. The minimum Gasteiger partial charge on any atom is -0.334 e. The molecule has 1 heterocycles. The molecule has 3 heteroatoms. The Labute approximate surface area is 86.2 Å². The molecule has 0 atom stereocenters. The van der Waals surface area contributed by atoms with E-state index in [1.54, 1.807) is 0 Å². The van der Waals surface area contributed by atoms with Gasteiger partial charge in [0.15, 0.2) is 0 Å². The van der Waals surface area contributed by atoms with Crippen molar-refractivity contribution in [2.24, 2.45) is 0 Å². The number of carbonyl (C=O) groups is 1. The lowest BCUT2D eigenvalue weighted by Crippen LogP contribution is -2.40. The Bertz CT molecular complexity index is 205. The summed E-state index contributed by atoms with van der Waals surface area (Å²) in [4.78, 5) is 13.5. The van der Waals surface area contributed by atoms with Crippen LogP contribution in [0.25, 0.3) is 0 Å². The van der Waals surface area contributed by atoms with Crippen LogP contribution in [0.4, 0.5) is 4.79 Å². The Kier molecular flexibility index (Phi) is 4.50. The van der Waals surface area contributed by atoms with Crippen molar-refractivity contribution >= 4 is 6.03 Å². The van der Waals surface area contributed by atoms with Crippen LogP contribution in [0.5, 0.6) is 0 Å². The number of likely N-dealkylation sites (tertiary alicyclic amines) is 1. The van der Waals surface area contributed by atoms with E-state index in [9.17, 15) is 4.79 Å². The molecule has 1 fully saturated rings. The fourth-order valence-corrected chi connectivity index (χ4v) is 1.61. The van der Waals surface area contributed by atoms with E-state index in [4.69, 9.17) is 0 Å². The average molecular weight is 196 g/mol. The summed E-state index contributed by atoms with van der Waals surface area (Å²) in [6, 6.07) is 0.0647. The van der Waals surface area contributed by atoms with Gasteiger partial charge in [0.1, 0.15) is 0 Å². The molecule has 3 nitrogen and oxygen atoms in total. The van der Waals surface area contributed by atoms with Gasteiger partial charge in [-0.15, -0.1) is 0 Å². The van der Waals surface area contributed by atoms with Gasteiger partial charge in [-0.05, 0) is 19.8 Å². The maximum Gasteiger partial charge on any atom is 0.317 e. The minimum absolute atomic E-state index is 0.0647.